The highest BCUT2D eigenvalue weighted by Gasteiger charge is 2.60. The first-order valence-electron chi connectivity index (χ1n) is 12.7. The van der Waals surface area contributed by atoms with E-state index < -0.39 is 17.1 Å². The highest BCUT2D eigenvalue weighted by Crippen LogP contribution is 2.50. The average molecular weight is 547 g/mol. The minimum absolute atomic E-state index is 0.0871. The first-order valence-corrected chi connectivity index (χ1v) is 13.5. The summed E-state index contributed by atoms with van der Waals surface area (Å²) in [6, 6.07) is 27.8. The zero-order valence-electron chi connectivity index (χ0n) is 20.5. The molecule has 1 aliphatic heterocycles. The van der Waals surface area contributed by atoms with Crippen molar-refractivity contribution in [3.05, 3.63) is 106 Å². The molecule has 1 saturated heterocycles. The number of hydrogen-bond acceptors (Lipinski definition) is 4. The summed E-state index contributed by atoms with van der Waals surface area (Å²) in [7, 11) is 0. The second kappa shape index (κ2) is 10.4. The number of halogens is 1. The number of Topliss-reactive ketones (excluding diaryl/α,β-unsaturated/α-hetero) is 2. The monoisotopic (exact) mass is 546 g/mol. The first kappa shape index (κ1) is 25.1. The lowest BCUT2D eigenvalue weighted by Gasteiger charge is -2.48. The van der Waals surface area contributed by atoms with Crippen LogP contribution in [0.2, 0.25) is 0 Å². The van der Waals surface area contributed by atoms with Gasteiger partial charge in [0.15, 0.2) is 11.6 Å². The number of benzene rings is 3. The van der Waals surface area contributed by atoms with Gasteiger partial charge < -0.3 is 9.47 Å². The molecular formula is C31H31BrO4. The molecule has 0 unspecified atom stereocenters. The van der Waals surface area contributed by atoms with Crippen molar-refractivity contribution in [2.75, 3.05) is 13.2 Å². The smallest absolute Gasteiger partial charge is 0.179 e. The van der Waals surface area contributed by atoms with E-state index in [1.807, 2.05) is 48.5 Å². The summed E-state index contributed by atoms with van der Waals surface area (Å²) in [6.45, 7) is 2.89. The molecule has 4 nitrogen and oxygen atoms in total. The van der Waals surface area contributed by atoms with Crippen LogP contribution < -0.4 is 0 Å². The summed E-state index contributed by atoms with van der Waals surface area (Å²) in [5, 5.41) is 0. The first-order chi connectivity index (χ1) is 17.5. The van der Waals surface area contributed by atoms with Crippen LogP contribution in [0.5, 0.6) is 0 Å². The van der Waals surface area contributed by atoms with Crippen LogP contribution in [-0.4, -0.2) is 30.6 Å². The van der Waals surface area contributed by atoms with E-state index >= 15 is 0 Å². The third-order valence-electron chi connectivity index (χ3n) is 7.79. The molecule has 1 saturated carbocycles. The van der Waals surface area contributed by atoms with Gasteiger partial charge in [0.2, 0.25) is 0 Å². The van der Waals surface area contributed by atoms with Crippen molar-refractivity contribution in [2.24, 2.45) is 11.8 Å². The second-order valence-electron chi connectivity index (χ2n) is 9.94. The Bertz CT molecular complexity index is 1160. The van der Waals surface area contributed by atoms with Gasteiger partial charge in [-0.25, -0.2) is 0 Å². The number of hydrogen-bond donors (Lipinski definition) is 0. The van der Waals surface area contributed by atoms with Crippen LogP contribution in [0.25, 0.3) is 0 Å². The Balaban J connectivity index is 1.48. The van der Waals surface area contributed by atoms with Crippen LogP contribution in [-0.2, 0) is 19.7 Å². The molecule has 3 aromatic rings. The van der Waals surface area contributed by atoms with Gasteiger partial charge in [-0.15, -0.1) is 0 Å². The number of carbonyl (C=O) groups is 2. The quantitative estimate of drug-likeness (QED) is 0.242. The normalized spacial score (nSPS) is 22.6. The molecule has 1 spiro atoms. The Kier molecular flexibility index (Phi) is 7.25. The van der Waals surface area contributed by atoms with Gasteiger partial charge in [-0.2, -0.15) is 0 Å². The molecule has 36 heavy (non-hydrogen) atoms. The van der Waals surface area contributed by atoms with Gasteiger partial charge in [-0.1, -0.05) is 108 Å². The van der Waals surface area contributed by atoms with Gasteiger partial charge in [0, 0.05) is 16.0 Å². The maximum absolute atomic E-state index is 13.6. The number of rotatable bonds is 7. The summed E-state index contributed by atoms with van der Waals surface area (Å²) in [6.07, 6.45) is 2.68. The molecule has 2 atom stereocenters. The van der Waals surface area contributed by atoms with Gasteiger partial charge in [0.05, 0.1) is 31.0 Å². The summed E-state index contributed by atoms with van der Waals surface area (Å²) in [5.41, 5.74) is 2.29. The number of unbranched alkanes of at least 4 members (excludes halogenated alkanes) is 1. The molecule has 1 aliphatic carbocycles. The molecule has 0 aromatic heterocycles. The van der Waals surface area contributed by atoms with Crippen LogP contribution >= 0.6 is 15.9 Å². The van der Waals surface area contributed by atoms with Crippen molar-refractivity contribution in [1.82, 2.24) is 0 Å². The molecule has 186 valence electrons. The highest BCUT2D eigenvalue weighted by atomic mass is 79.9. The van der Waals surface area contributed by atoms with Crippen molar-refractivity contribution in [1.29, 1.82) is 0 Å². The van der Waals surface area contributed by atoms with Crippen molar-refractivity contribution in [3.8, 4) is 0 Å². The second-order valence-corrected chi connectivity index (χ2v) is 10.9. The largest absolute Gasteiger partial charge is 0.348 e. The highest BCUT2D eigenvalue weighted by molar-refractivity contribution is 9.10. The minimum atomic E-state index is -1.07. The molecular weight excluding hydrogens is 516 g/mol. The standard InChI is InChI=1S/C31H31BrO4/c1-2-3-14-26-28(29(34)22-15-17-25(32)18-16-22)27(33)19-31(26)35-20-30(21-36-31,23-10-6-4-7-11-23)24-12-8-5-9-13-24/h4-13,15-18,26,28H,2-3,14,19-21H2,1H3/t26-,28-/m1/s1. The Morgan fingerprint density at radius 3 is 1.97 bits per heavy atom. The Morgan fingerprint density at radius 2 is 1.44 bits per heavy atom. The van der Waals surface area contributed by atoms with Crippen molar-refractivity contribution < 1.29 is 19.1 Å². The van der Waals surface area contributed by atoms with Crippen molar-refractivity contribution in [2.45, 2.75) is 43.8 Å². The molecule has 3 aromatic carbocycles. The molecule has 2 aliphatic rings. The molecule has 0 bridgehead atoms. The van der Waals surface area contributed by atoms with E-state index in [4.69, 9.17) is 9.47 Å². The van der Waals surface area contributed by atoms with Gasteiger partial charge in [-0.3, -0.25) is 9.59 Å². The van der Waals surface area contributed by atoms with Crippen LogP contribution in [0.3, 0.4) is 0 Å². The fourth-order valence-corrected chi connectivity index (χ4v) is 6.06. The number of carbonyl (C=O) groups excluding carboxylic acids is 2. The molecule has 0 amide bonds. The van der Waals surface area contributed by atoms with Gasteiger partial charge in [0.1, 0.15) is 5.78 Å². The van der Waals surface area contributed by atoms with E-state index in [-0.39, 0.29) is 23.9 Å². The Morgan fingerprint density at radius 1 is 0.889 bits per heavy atom. The van der Waals surface area contributed by atoms with Crippen molar-refractivity contribution >= 4 is 27.5 Å². The molecule has 1 heterocycles. The van der Waals surface area contributed by atoms with E-state index in [9.17, 15) is 9.59 Å². The Hall–Kier alpha value is -2.60. The van der Waals surface area contributed by atoms with Gasteiger partial charge in [-0.05, 0) is 29.7 Å². The maximum atomic E-state index is 13.6. The van der Waals surface area contributed by atoms with Crippen LogP contribution in [0.4, 0.5) is 0 Å². The molecule has 5 heteroatoms. The lowest BCUT2D eigenvalue weighted by molar-refractivity contribution is -0.302. The summed E-state index contributed by atoms with van der Waals surface area (Å²) in [4.78, 5) is 27.0. The number of ketones is 2. The van der Waals surface area contributed by atoms with E-state index in [2.05, 4.69) is 47.1 Å². The predicted octanol–water partition coefficient (Wildman–Crippen LogP) is 6.76. The third kappa shape index (κ3) is 4.49. The molecule has 0 radical (unpaired) electrons. The SMILES string of the molecule is CCCC[C@@H]1[C@@H](C(=O)c2ccc(Br)cc2)C(=O)CC12OCC(c1ccccc1)(c1ccccc1)CO2. The summed E-state index contributed by atoms with van der Waals surface area (Å²) < 4.78 is 14.2. The van der Waals surface area contributed by atoms with E-state index in [0.29, 0.717) is 25.2 Å². The average Bonchev–Trinajstić information content (AvgIpc) is 3.19. The van der Waals surface area contributed by atoms with Gasteiger partial charge in [0.25, 0.3) is 0 Å². The van der Waals surface area contributed by atoms with E-state index in [1.165, 1.54) is 0 Å². The number of ether oxygens (including phenoxy) is 2. The lowest BCUT2D eigenvalue weighted by atomic mass is 9.74. The molecule has 2 fully saturated rings. The van der Waals surface area contributed by atoms with Crippen LogP contribution in [0, 0.1) is 11.8 Å². The van der Waals surface area contributed by atoms with E-state index in [0.717, 1.165) is 28.4 Å². The fraction of sp³-hybridized carbons (Fsp3) is 0.355. The minimum Gasteiger partial charge on any atom is -0.348 e. The lowest BCUT2D eigenvalue weighted by Crippen LogP contribution is -2.55. The third-order valence-corrected chi connectivity index (χ3v) is 8.32. The van der Waals surface area contributed by atoms with Gasteiger partial charge >= 0.3 is 0 Å². The maximum Gasteiger partial charge on any atom is 0.179 e. The Labute approximate surface area is 221 Å². The van der Waals surface area contributed by atoms with E-state index in [1.54, 1.807) is 12.1 Å². The predicted molar refractivity (Wildman–Crippen MR) is 143 cm³/mol. The molecule has 5 rings (SSSR count). The van der Waals surface area contributed by atoms with Crippen LogP contribution in [0.1, 0.15) is 54.1 Å². The van der Waals surface area contributed by atoms with Crippen molar-refractivity contribution in [3.63, 3.8) is 0 Å². The summed E-state index contributed by atoms with van der Waals surface area (Å²) >= 11 is 3.42. The zero-order valence-corrected chi connectivity index (χ0v) is 22.1. The van der Waals surface area contributed by atoms with Crippen LogP contribution in [0.15, 0.2) is 89.4 Å². The topological polar surface area (TPSA) is 52.6 Å². The fourth-order valence-electron chi connectivity index (χ4n) is 5.80. The zero-order chi connectivity index (χ0) is 25.2. The summed E-state index contributed by atoms with van der Waals surface area (Å²) in [5.74, 6) is -2.37. The molecule has 0 N–H and O–H groups in total.